The molecule has 3 nitrogen and oxygen atoms in total. The van der Waals surface area contributed by atoms with E-state index in [2.05, 4.69) is 25.3 Å². The van der Waals surface area contributed by atoms with Crippen LogP contribution in [0.5, 0.6) is 0 Å². The number of rotatable bonds is 8. The van der Waals surface area contributed by atoms with Crippen molar-refractivity contribution in [1.82, 2.24) is 4.90 Å². The molecule has 0 spiro atoms. The lowest BCUT2D eigenvalue weighted by atomic mass is 10.2. The van der Waals surface area contributed by atoms with Crippen molar-refractivity contribution in [1.29, 1.82) is 0 Å². The molecule has 94 valence electrons. The predicted octanol–water partition coefficient (Wildman–Crippen LogP) is 2.62. The van der Waals surface area contributed by atoms with Crippen molar-refractivity contribution < 1.29 is 9.53 Å². The van der Waals surface area contributed by atoms with Crippen LogP contribution in [0, 0.1) is 0 Å². The van der Waals surface area contributed by atoms with Gasteiger partial charge in [0.2, 0.25) is 0 Å². The van der Waals surface area contributed by atoms with Crippen LogP contribution >= 0.6 is 0 Å². The number of hydrogen-bond donors (Lipinski definition) is 0. The lowest BCUT2D eigenvalue weighted by Crippen LogP contribution is -2.25. The third kappa shape index (κ3) is 6.62. The van der Waals surface area contributed by atoms with Crippen molar-refractivity contribution in [3.63, 3.8) is 0 Å². The van der Waals surface area contributed by atoms with E-state index in [4.69, 9.17) is 4.74 Å². The number of ether oxygens (including phenoxy) is 1. The standard InChI is InChI=1S/C13H25NO2/c1-6-14(7-2)10-8-9-12(5)16-13(15)11(3)4/h12H,3,6-10H2,1-2,4-5H3. The summed E-state index contributed by atoms with van der Waals surface area (Å²) in [5, 5.41) is 0. The molecular formula is C13H25NO2. The van der Waals surface area contributed by atoms with Gasteiger partial charge in [0.25, 0.3) is 0 Å². The molecule has 0 amide bonds. The average Bonchev–Trinajstić information content (AvgIpc) is 2.24. The smallest absolute Gasteiger partial charge is 0.333 e. The largest absolute Gasteiger partial charge is 0.459 e. The molecule has 0 aliphatic rings. The maximum atomic E-state index is 11.2. The molecule has 0 heterocycles. The molecule has 0 N–H and O–H groups in total. The van der Waals surface area contributed by atoms with E-state index in [9.17, 15) is 4.79 Å². The quantitative estimate of drug-likeness (QED) is 0.471. The van der Waals surface area contributed by atoms with Crippen molar-refractivity contribution in [3.05, 3.63) is 12.2 Å². The molecule has 1 atom stereocenters. The number of nitrogens with zero attached hydrogens (tertiary/aromatic N) is 1. The first kappa shape index (κ1) is 15.2. The van der Waals surface area contributed by atoms with E-state index in [1.807, 2.05) is 6.92 Å². The second-order valence-electron chi connectivity index (χ2n) is 4.17. The molecule has 0 saturated heterocycles. The Labute approximate surface area is 99.5 Å². The van der Waals surface area contributed by atoms with Crippen LogP contribution in [0.1, 0.15) is 40.5 Å². The van der Waals surface area contributed by atoms with Crippen LogP contribution in [0.25, 0.3) is 0 Å². The van der Waals surface area contributed by atoms with E-state index in [1.165, 1.54) is 0 Å². The Morgan fingerprint density at radius 2 is 1.94 bits per heavy atom. The molecule has 1 unspecified atom stereocenters. The van der Waals surface area contributed by atoms with Gasteiger partial charge in [0.1, 0.15) is 0 Å². The van der Waals surface area contributed by atoms with Gasteiger partial charge in [-0.3, -0.25) is 0 Å². The van der Waals surface area contributed by atoms with E-state index in [0.717, 1.165) is 32.5 Å². The Bertz CT molecular complexity index is 222. The summed E-state index contributed by atoms with van der Waals surface area (Å²) >= 11 is 0. The van der Waals surface area contributed by atoms with Gasteiger partial charge in [0, 0.05) is 5.57 Å². The minimum absolute atomic E-state index is 0.0141. The SMILES string of the molecule is C=C(C)C(=O)OC(C)CCCN(CC)CC. The molecule has 0 aliphatic carbocycles. The molecule has 16 heavy (non-hydrogen) atoms. The van der Waals surface area contributed by atoms with Gasteiger partial charge in [0.15, 0.2) is 0 Å². The summed E-state index contributed by atoms with van der Waals surface area (Å²) < 4.78 is 5.20. The maximum Gasteiger partial charge on any atom is 0.333 e. The van der Waals surface area contributed by atoms with Gasteiger partial charge in [-0.05, 0) is 46.3 Å². The molecule has 0 aliphatic heterocycles. The second kappa shape index (κ2) is 8.34. The highest BCUT2D eigenvalue weighted by Crippen LogP contribution is 2.05. The molecule has 3 heteroatoms. The molecule has 0 bridgehead atoms. The zero-order valence-electron chi connectivity index (χ0n) is 11.1. The topological polar surface area (TPSA) is 29.5 Å². The summed E-state index contributed by atoms with van der Waals surface area (Å²) in [5.74, 6) is -0.282. The molecular weight excluding hydrogens is 202 g/mol. The number of hydrogen-bond acceptors (Lipinski definition) is 3. The molecule has 0 aromatic heterocycles. The van der Waals surface area contributed by atoms with Crippen molar-refractivity contribution in [3.8, 4) is 0 Å². The van der Waals surface area contributed by atoms with Crippen molar-refractivity contribution >= 4 is 5.97 Å². The third-order valence-corrected chi connectivity index (χ3v) is 2.64. The lowest BCUT2D eigenvalue weighted by molar-refractivity contribution is -0.143. The fourth-order valence-electron chi connectivity index (χ4n) is 1.48. The molecule has 0 fully saturated rings. The highest BCUT2D eigenvalue weighted by atomic mass is 16.5. The number of carbonyl (C=O) groups is 1. The molecule has 0 saturated carbocycles. The van der Waals surface area contributed by atoms with E-state index in [0.29, 0.717) is 5.57 Å². The highest BCUT2D eigenvalue weighted by molar-refractivity contribution is 5.87. The monoisotopic (exact) mass is 227 g/mol. The van der Waals surface area contributed by atoms with Crippen molar-refractivity contribution in [2.45, 2.75) is 46.6 Å². The van der Waals surface area contributed by atoms with Gasteiger partial charge in [-0.2, -0.15) is 0 Å². The Hall–Kier alpha value is -0.830. The minimum Gasteiger partial charge on any atom is -0.459 e. The normalized spacial score (nSPS) is 12.6. The Balaban J connectivity index is 3.69. The van der Waals surface area contributed by atoms with Crippen LogP contribution in [-0.4, -0.2) is 36.6 Å². The predicted molar refractivity (Wildman–Crippen MR) is 67.4 cm³/mol. The van der Waals surface area contributed by atoms with Crippen LogP contribution in [0.3, 0.4) is 0 Å². The van der Waals surface area contributed by atoms with Gasteiger partial charge in [-0.15, -0.1) is 0 Å². The van der Waals surface area contributed by atoms with Crippen molar-refractivity contribution in [2.75, 3.05) is 19.6 Å². The third-order valence-electron chi connectivity index (χ3n) is 2.64. The van der Waals surface area contributed by atoms with E-state index < -0.39 is 0 Å². The fourth-order valence-corrected chi connectivity index (χ4v) is 1.48. The first-order valence-electron chi connectivity index (χ1n) is 6.10. The summed E-state index contributed by atoms with van der Waals surface area (Å²) in [6, 6.07) is 0. The molecule has 0 rings (SSSR count). The Morgan fingerprint density at radius 3 is 2.38 bits per heavy atom. The number of esters is 1. The molecule has 0 aromatic rings. The van der Waals surface area contributed by atoms with Crippen LogP contribution in [-0.2, 0) is 9.53 Å². The lowest BCUT2D eigenvalue weighted by Gasteiger charge is -2.19. The van der Waals surface area contributed by atoms with Crippen LogP contribution in [0.4, 0.5) is 0 Å². The Kier molecular flexibility index (Phi) is 7.90. The van der Waals surface area contributed by atoms with E-state index >= 15 is 0 Å². The summed E-state index contributed by atoms with van der Waals surface area (Å²) in [4.78, 5) is 13.6. The zero-order valence-corrected chi connectivity index (χ0v) is 11.1. The van der Waals surface area contributed by atoms with E-state index in [-0.39, 0.29) is 12.1 Å². The molecule has 0 radical (unpaired) electrons. The fraction of sp³-hybridized carbons (Fsp3) is 0.769. The maximum absolute atomic E-state index is 11.2. The van der Waals surface area contributed by atoms with Gasteiger partial charge in [0.05, 0.1) is 6.10 Å². The van der Waals surface area contributed by atoms with E-state index in [1.54, 1.807) is 6.92 Å². The first-order chi connectivity index (χ1) is 7.51. The van der Waals surface area contributed by atoms with Crippen LogP contribution in [0.2, 0.25) is 0 Å². The minimum atomic E-state index is -0.282. The second-order valence-corrected chi connectivity index (χ2v) is 4.17. The van der Waals surface area contributed by atoms with Crippen LogP contribution < -0.4 is 0 Å². The first-order valence-corrected chi connectivity index (χ1v) is 6.10. The van der Waals surface area contributed by atoms with Crippen LogP contribution in [0.15, 0.2) is 12.2 Å². The zero-order chi connectivity index (χ0) is 12.6. The summed E-state index contributed by atoms with van der Waals surface area (Å²) in [5.41, 5.74) is 0.468. The molecule has 0 aromatic carbocycles. The average molecular weight is 227 g/mol. The Morgan fingerprint density at radius 1 is 1.38 bits per heavy atom. The highest BCUT2D eigenvalue weighted by Gasteiger charge is 2.10. The summed E-state index contributed by atoms with van der Waals surface area (Å²) in [6.45, 7) is 14.7. The summed E-state index contributed by atoms with van der Waals surface area (Å²) in [7, 11) is 0. The van der Waals surface area contributed by atoms with Gasteiger partial charge < -0.3 is 9.64 Å². The van der Waals surface area contributed by atoms with Gasteiger partial charge in [-0.1, -0.05) is 20.4 Å². The summed E-state index contributed by atoms with van der Waals surface area (Å²) in [6.07, 6.45) is 1.96. The van der Waals surface area contributed by atoms with Crippen molar-refractivity contribution in [2.24, 2.45) is 0 Å². The van der Waals surface area contributed by atoms with Gasteiger partial charge in [-0.25, -0.2) is 4.79 Å². The van der Waals surface area contributed by atoms with Gasteiger partial charge >= 0.3 is 5.97 Å². The number of carbonyl (C=O) groups excluding carboxylic acids is 1.